The Kier molecular flexibility index (Phi) is 5.63. The van der Waals surface area contributed by atoms with Gasteiger partial charge in [0.05, 0.1) is 11.1 Å². The van der Waals surface area contributed by atoms with Crippen molar-refractivity contribution in [1.29, 1.82) is 0 Å². The van der Waals surface area contributed by atoms with Crippen molar-refractivity contribution in [3.63, 3.8) is 0 Å². The number of ether oxygens (including phenoxy) is 1. The third-order valence-electron chi connectivity index (χ3n) is 5.27. The maximum absolute atomic E-state index is 12.9. The predicted molar refractivity (Wildman–Crippen MR) is 111 cm³/mol. The summed E-state index contributed by atoms with van der Waals surface area (Å²) in [7, 11) is 0. The Hall–Kier alpha value is -2.01. The summed E-state index contributed by atoms with van der Waals surface area (Å²) in [5, 5.41) is 11.3. The van der Waals surface area contributed by atoms with Crippen LogP contribution in [0, 0.1) is 0 Å². The Morgan fingerprint density at radius 2 is 1.71 bits per heavy atom. The van der Waals surface area contributed by atoms with Gasteiger partial charge in [-0.1, -0.05) is 42.1 Å². The third kappa shape index (κ3) is 3.77. The van der Waals surface area contributed by atoms with E-state index in [4.69, 9.17) is 27.9 Å². The number of likely N-dealkylation sites (tertiary alicyclic amines) is 1. The highest BCUT2D eigenvalue weighted by atomic mass is 35.5. The first kappa shape index (κ1) is 19.3. The van der Waals surface area contributed by atoms with E-state index in [0.717, 1.165) is 25.9 Å². The number of aromatic hydroxyl groups is 1. The van der Waals surface area contributed by atoms with Crippen molar-refractivity contribution in [3.05, 3.63) is 62.8 Å². The fourth-order valence-electron chi connectivity index (χ4n) is 3.75. The van der Waals surface area contributed by atoms with Crippen LogP contribution in [-0.4, -0.2) is 28.9 Å². The van der Waals surface area contributed by atoms with Crippen LogP contribution < -0.4 is 4.74 Å². The molecule has 0 radical (unpaired) electrons. The number of phenolic OH excluding ortho intramolecular Hbond substituents is 1. The first-order valence-corrected chi connectivity index (χ1v) is 10.3. The van der Waals surface area contributed by atoms with Gasteiger partial charge in [-0.3, -0.25) is 9.69 Å². The fraction of sp³-hybridized carbons (Fsp3) is 0.318. The molecule has 0 aliphatic carbocycles. The summed E-state index contributed by atoms with van der Waals surface area (Å²) in [4.78, 5) is 15.2. The molecule has 2 aliphatic heterocycles. The van der Waals surface area contributed by atoms with Crippen LogP contribution in [0.15, 0.2) is 36.1 Å². The van der Waals surface area contributed by atoms with E-state index >= 15 is 0 Å². The molecular formula is C22H21Cl2NO3. The van der Waals surface area contributed by atoms with Gasteiger partial charge in [0.25, 0.3) is 0 Å². The van der Waals surface area contributed by atoms with Crippen molar-refractivity contribution in [3.8, 4) is 11.5 Å². The van der Waals surface area contributed by atoms with E-state index in [1.54, 1.807) is 36.4 Å². The number of nitrogens with zero attached hydrogens (tertiary/aromatic N) is 1. The molecule has 146 valence electrons. The van der Waals surface area contributed by atoms with Crippen molar-refractivity contribution in [2.75, 3.05) is 13.1 Å². The monoisotopic (exact) mass is 417 g/mol. The summed E-state index contributed by atoms with van der Waals surface area (Å²) in [5.41, 5.74) is 1.65. The molecule has 1 N–H and O–H groups in total. The Balaban J connectivity index is 1.67. The van der Waals surface area contributed by atoms with Gasteiger partial charge in [-0.05, 0) is 56.3 Å². The van der Waals surface area contributed by atoms with Crippen molar-refractivity contribution < 1.29 is 14.6 Å². The maximum Gasteiger partial charge on any atom is 0.231 e. The van der Waals surface area contributed by atoms with E-state index in [0.29, 0.717) is 39.0 Å². The lowest BCUT2D eigenvalue weighted by atomic mass is 10.0. The normalized spacial score (nSPS) is 18.8. The Morgan fingerprint density at radius 3 is 2.39 bits per heavy atom. The van der Waals surface area contributed by atoms with Crippen LogP contribution >= 0.6 is 23.2 Å². The smallest absolute Gasteiger partial charge is 0.231 e. The number of benzene rings is 2. The number of hydrogen-bond donors (Lipinski definition) is 1. The molecule has 1 saturated heterocycles. The van der Waals surface area contributed by atoms with E-state index < -0.39 is 0 Å². The first-order valence-electron chi connectivity index (χ1n) is 9.50. The minimum absolute atomic E-state index is 0.146. The molecule has 0 saturated carbocycles. The van der Waals surface area contributed by atoms with Gasteiger partial charge >= 0.3 is 0 Å². The Morgan fingerprint density at radius 1 is 1.04 bits per heavy atom. The van der Waals surface area contributed by atoms with Gasteiger partial charge in [-0.15, -0.1) is 0 Å². The number of hydrogen-bond acceptors (Lipinski definition) is 4. The van der Waals surface area contributed by atoms with Gasteiger partial charge in [0.2, 0.25) is 5.78 Å². The lowest BCUT2D eigenvalue weighted by Crippen LogP contribution is -2.24. The quantitative estimate of drug-likeness (QED) is 0.651. The molecule has 4 nitrogen and oxygen atoms in total. The van der Waals surface area contributed by atoms with Crippen LogP contribution in [0.1, 0.15) is 47.2 Å². The third-order valence-corrected chi connectivity index (χ3v) is 5.93. The van der Waals surface area contributed by atoms with Gasteiger partial charge in [-0.25, -0.2) is 0 Å². The SMILES string of the molecule is O=C1/C(=C/c2c(Cl)cccc2Cl)Oc2c1ccc(O)c2CN1CCCCCC1. The number of rotatable bonds is 3. The van der Waals surface area contributed by atoms with Gasteiger partial charge in [0.1, 0.15) is 11.5 Å². The minimum Gasteiger partial charge on any atom is -0.507 e. The van der Waals surface area contributed by atoms with Crippen LogP contribution in [0.3, 0.4) is 0 Å². The van der Waals surface area contributed by atoms with E-state index in [2.05, 4.69) is 4.90 Å². The zero-order chi connectivity index (χ0) is 19.7. The molecule has 4 rings (SSSR count). The molecule has 0 spiro atoms. The zero-order valence-electron chi connectivity index (χ0n) is 15.4. The Labute approximate surface area is 174 Å². The standard InChI is InChI=1S/C22H21Cl2NO3/c23-17-6-5-7-18(24)15(17)12-20-21(27)14-8-9-19(26)16(22(14)28-20)13-25-10-3-1-2-4-11-25/h5-9,12,26H,1-4,10-11,13H2/b20-12-. The molecule has 2 aliphatic rings. The molecule has 6 heteroatoms. The lowest BCUT2D eigenvalue weighted by Gasteiger charge is -2.21. The van der Waals surface area contributed by atoms with Crippen molar-refractivity contribution in [2.45, 2.75) is 32.2 Å². The van der Waals surface area contributed by atoms with Crippen LogP contribution in [0.5, 0.6) is 11.5 Å². The molecule has 2 heterocycles. The second-order valence-electron chi connectivity index (χ2n) is 7.21. The minimum atomic E-state index is -0.233. The first-order chi connectivity index (χ1) is 13.5. The van der Waals surface area contributed by atoms with Gasteiger partial charge in [-0.2, -0.15) is 0 Å². The highest BCUT2D eigenvalue weighted by molar-refractivity contribution is 6.37. The second kappa shape index (κ2) is 8.16. The average molecular weight is 418 g/mol. The lowest BCUT2D eigenvalue weighted by molar-refractivity contribution is 0.101. The molecule has 0 atom stereocenters. The van der Waals surface area contributed by atoms with Crippen LogP contribution in [0.2, 0.25) is 10.0 Å². The number of carbonyl (C=O) groups excluding carboxylic acids is 1. The number of halogens is 2. The largest absolute Gasteiger partial charge is 0.507 e. The Bertz CT molecular complexity index is 927. The molecule has 2 aromatic rings. The van der Waals surface area contributed by atoms with E-state index in [9.17, 15) is 9.90 Å². The van der Waals surface area contributed by atoms with Crippen molar-refractivity contribution >= 4 is 35.1 Å². The highest BCUT2D eigenvalue weighted by Gasteiger charge is 2.32. The summed E-state index contributed by atoms with van der Waals surface area (Å²) < 4.78 is 5.93. The summed E-state index contributed by atoms with van der Waals surface area (Å²) in [6.45, 7) is 2.52. The summed E-state index contributed by atoms with van der Waals surface area (Å²) in [6, 6.07) is 8.34. The second-order valence-corrected chi connectivity index (χ2v) is 8.02. The van der Waals surface area contributed by atoms with E-state index in [1.165, 1.54) is 12.8 Å². The highest BCUT2D eigenvalue weighted by Crippen LogP contribution is 2.41. The van der Waals surface area contributed by atoms with Gasteiger partial charge in [0, 0.05) is 22.2 Å². The van der Waals surface area contributed by atoms with E-state index in [1.807, 2.05) is 0 Å². The summed E-state index contributed by atoms with van der Waals surface area (Å²) >= 11 is 12.5. The summed E-state index contributed by atoms with van der Waals surface area (Å²) in [5.74, 6) is 0.507. The number of Topliss-reactive ketones (excluding diaryl/α,β-unsaturated/α-hetero) is 1. The molecule has 0 bridgehead atoms. The number of allylic oxidation sites excluding steroid dienone is 1. The van der Waals surface area contributed by atoms with Gasteiger partial charge in [0.15, 0.2) is 5.76 Å². The van der Waals surface area contributed by atoms with Crippen molar-refractivity contribution in [2.24, 2.45) is 0 Å². The fourth-order valence-corrected chi connectivity index (χ4v) is 4.25. The molecule has 0 unspecified atom stereocenters. The summed E-state index contributed by atoms with van der Waals surface area (Å²) in [6.07, 6.45) is 6.32. The number of carbonyl (C=O) groups is 1. The topological polar surface area (TPSA) is 49.8 Å². The van der Waals surface area contributed by atoms with E-state index in [-0.39, 0.29) is 17.3 Å². The predicted octanol–water partition coefficient (Wildman–Crippen LogP) is 5.69. The number of phenols is 1. The van der Waals surface area contributed by atoms with Crippen LogP contribution in [0.25, 0.3) is 6.08 Å². The zero-order valence-corrected chi connectivity index (χ0v) is 16.9. The van der Waals surface area contributed by atoms with Gasteiger partial charge < -0.3 is 9.84 Å². The molecule has 0 amide bonds. The molecule has 0 aromatic heterocycles. The molecule has 2 aromatic carbocycles. The van der Waals surface area contributed by atoms with Crippen LogP contribution in [0.4, 0.5) is 0 Å². The maximum atomic E-state index is 12.9. The average Bonchev–Trinajstić information content (AvgIpc) is 2.84. The molecule has 1 fully saturated rings. The number of ketones is 1. The van der Waals surface area contributed by atoms with Crippen LogP contribution in [-0.2, 0) is 6.54 Å². The van der Waals surface area contributed by atoms with Crippen molar-refractivity contribution in [1.82, 2.24) is 4.90 Å². The molecular weight excluding hydrogens is 397 g/mol. The molecule has 28 heavy (non-hydrogen) atoms. The number of fused-ring (bicyclic) bond motifs is 1.